The van der Waals surface area contributed by atoms with E-state index in [1.165, 1.54) is 0 Å². The molecule has 1 aliphatic rings. The highest BCUT2D eigenvalue weighted by molar-refractivity contribution is 5.32. The summed E-state index contributed by atoms with van der Waals surface area (Å²) in [6.07, 6.45) is 3.14. The van der Waals surface area contributed by atoms with Gasteiger partial charge < -0.3 is 14.6 Å². The minimum Gasteiger partial charge on any atom is -0.501 e. The Morgan fingerprint density at radius 1 is 1.22 bits per heavy atom. The summed E-state index contributed by atoms with van der Waals surface area (Å²) in [4.78, 5) is 0. The molecular formula is C15H20O3. The second-order valence-corrected chi connectivity index (χ2v) is 4.81. The second kappa shape index (κ2) is 5.91. The van der Waals surface area contributed by atoms with Gasteiger partial charge in [0.25, 0.3) is 0 Å². The molecule has 0 bridgehead atoms. The third kappa shape index (κ3) is 3.26. The molecule has 0 fully saturated rings. The highest BCUT2D eigenvalue weighted by Gasteiger charge is 2.16. The summed E-state index contributed by atoms with van der Waals surface area (Å²) in [5.41, 5.74) is 1.82. The van der Waals surface area contributed by atoms with Crippen molar-refractivity contribution in [2.24, 2.45) is 0 Å². The van der Waals surface area contributed by atoms with Gasteiger partial charge in [-0.2, -0.15) is 0 Å². The van der Waals surface area contributed by atoms with Gasteiger partial charge in [-0.1, -0.05) is 12.1 Å². The lowest BCUT2D eigenvalue weighted by molar-refractivity contribution is 0.170. The van der Waals surface area contributed by atoms with Crippen LogP contribution in [-0.4, -0.2) is 17.8 Å². The van der Waals surface area contributed by atoms with E-state index in [2.05, 4.69) is 0 Å². The summed E-state index contributed by atoms with van der Waals surface area (Å²) in [6.45, 7) is 4.73. The van der Waals surface area contributed by atoms with Crippen LogP contribution in [0.15, 0.2) is 36.1 Å². The van der Waals surface area contributed by atoms with Crippen LogP contribution in [0.1, 0.15) is 38.4 Å². The standard InChI is InChI=1S/C15H20O3/c1-11(2)18-14-7-5-12(6-8-14)15(16)13-4-3-9-17-10-13/h5-8,10-11,15-16H,3-4,9H2,1-2H3. The maximum Gasteiger partial charge on any atom is 0.119 e. The van der Waals surface area contributed by atoms with Gasteiger partial charge in [0.05, 0.1) is 19.0 Å². The van der Waals surface area contributed by atoms with Gasteiger partial charge in [0.15, 0.2) is 0 Å². The van der Waals surface area contributed by atoms with Crippen LogP contribution in [0.3, 0.4) is 0 Å². The summed E-state index contributed by atoms with van der Waals surface area (Å²) in [6, 6.07) is 7.58. The molecule has 1 aliphatic heterocycles. The molecule has 0 amide bonds. The van der Waals surface area contributed by atoms with E-state index < -0.39 is 6.10 Å². The average Bonchev–Trinajstić information content (AvgIpc) is 2.39. The van der Waals surface area contributed by atoms with Crippen LogP contribution in [0.5, 0.6) is 5.75 Å². The summed E-state index contributed by atoms with van der Waals surface area (Å²) < 4.78 is 10.8. The molecule has 0 aliphatic carbocycles. The van der Waals surface area contributed by atoms with Crippen molar-refractivity contribution in [3.8, 4) is 5.75 Å². The molecule has 18 heavy (non-hydrogen) atoms. The van der Waals surface area contributed by atoms with Crippen LogP contribution in [0.2, 0.25) is 0 Å². The molecule has 3 heteroatoms. The van der Waals surface area contributed by atoms with E-state index in [1.54, 1.807) is 6.26 Å². The molecular weight excluding hydrogens is 228 g/mol. The Bertz CT molecular complexity index is 406. The van der Waals surface area contributed by atoms with Crippen molar-refractivity contribution >= 4 is 0 Å². The fourth-order valence-corrected chi connectivity index (χ4v) is 2.00. The summed E-state index contributed by atoms with van der Waals surface area (Å²) >= 11 is 0. The highest BCUT2D eigenvalue weighted by Crippen LogP contribution is 2.28. The molecule has 1 N–H and O–H groups in total. The van der Waals surface area contributed by atoms with E-state index in [9.17, 15) is 5.11 Å². The first-order valence-electron chi connectivity index (χ1n) is 6.42. The Morgan fingerprint density at radius 3 is 2.50 bits per heavy atom. The normalized spacial score (nSPS) is 17.0. The first-order chi connectivity index (χ1) is 8.66. The van der Waals surface area contributed by atoms with Gasteiger partial charge in [-0.25, -0.2) is 0 Å². The first kappa shape index (κ1) is 13.0. The van der Waals surface area contributed by atoms with Crippen LogP contribution in [0.4, 0.5) is 0 Å². The number of rotatable bonds is 4. The summed E-state index contributed by atoms with van der Waals surface area (Å²) in [5, 5.41) is 10.2. The van der Waals surface area contributed by atoms with E-state index >= 15 is 0 Å². The van der Waals surface area contributed by atoms with Gasteiger partial charge in [0.1, 0.15) is 11.9 Å². The van der Waals surface area contributed by atoms with E-state index in [0.29, 0.717) is 0 Å². The van der Waals surface area contributed by atoms with Gasteiger partial charge in [0.2, 0.25) is 0 Å². The monoisotopic (exact) mass is 248 g/mol. The Labute approximate surface area is 108 Å². The Kier molecular flexibility index (Phi) is 4.26. The Morgan fingerprint density at radius 2 is 1.94 bits per heavy atom. The van der Waals surface area contributed by atoms with Gasteiger partial charge in [-0.05, 0) is 50.0 Å². The highest BCUT2D eigenvalue weighted by atomic mass is 16.5. The second-order valence-electron chi connectivity index (χ2n) is 4.81. The fraction of sp³-hybridized carbons (Fsp3) is 0.467. The fourth-order valence-electron chi connectivity index (χ4n) is 2.00. The van der Waals surface area contributed by atoms with Crippen LogP contribution in [0, 0.1) is 0 Å². The minimum atomic E-state index is -0.571. The zero-order valence-electron chi connectivity index (χ0n) is 10.9. The van der Waals surface area contributed by atoms with Crippen LogP contribution in [-0.2, 0) is 4.74 Å². The third-order valence-corrected chi connectivity index (χ3v) is 2.88. The number of hydrogen-bond donors (Lipinski definition) is 1. The van der Waals surface area contributed by atoms with Crippen LogP contribution >= 0.6 is 0 Å². The molecule has 0 aromatic heterocycles. The summed E-state index contributed by atoms with van der Waals surface area (Å²) in [5.74, 6) is 0.829. The molecule has 1 aromatic carbocycles. The smallest absolute Gasteiger partial charge is 0.119 e. The zero-order valence-corrected chi connectivity index (χ0v) is 10.9. The lowest BCUT2D eigenvalue weighted by atomic mass is 9.98. The number of benzene rings is 1. The van der Waals surface area contributed by atoms with Gasteiger partial charge in [-0.15, -0.1) is 0 Å². The van der Waals surface area contributed by atoms with Crippen molar-refractivity contribution in [2.75, 3.05) is 6.61 Å². The number of aliphatic hydroxyl groups is 1. The zero-order chi connectivity index (χ0) is 13.0. The van der Waals surface area contributed by atoms with Crippen LogP contribution in [0.25, 0.3) is 0 Å². The van der Waals surface area contributed by atoms with Crippen molar-refractivity contribution in [3.05, 3.63) is 41.7 Å². The molecule has 0 saturated heterocycles. The maximum absolute atomic E-state index is 10.2. The Balaban J connectivity index is 2.06. The van der Waals surface area contributed by atoms with Crippen molar-refractivity contribution < 1.29 is 14.6 Å². The number of hydrogen-bond acceptors (Lipinski definition) is 3. The molecule has 1 atom stereocenters. The SMILES string of the molecule is CC(C)Oc1ccc(C(O)C2=COCCC2)cc1. The van der Waals surface area contributed by atoms with E-state index in [1.807, 2.05) is 38.1 Å². The van der Waals surface area contributed by atoms with Gasteiger partial charge in [-0.3, -0.25) is 0 Å². The minimum absolute atomic E-state index is 0.162. The molecule has 1 unspecified atom stereocenters. The predicted octanol–water partition coefficient (Wildman–Crippen LogP) is 3.20. The molecule has 2 rings (SSSR count). The van der Waals surface area contributed by atoms with Gasteiger partial charge in [0, 0.05) is 0 Å². The molecule has 1 heterocycles. The van der Waals surface area contributed by atoms with E-state index in [0.717, 1.165) is 36.3 Å². The lowest BCUT2D eigenvalue weighted by Gasteiger charge is -2.19. The molecule has 0 radical (unpaired) electrons. The van der Waals surface area contributed by atoms with Crippen molar-refractivity contribution in [1.82, 2.24) is 0 Å². The Hall–Kier alpha value is -1.48. The number of ether oxygens (including phenoxy) is 2. The van der Waals surface area contributed by atoms with Gasteiger partial charge >= 0.3 is 0 Å². The quantitative estimate of drug-likeness (QED) is 0.889. The van der Waals surface area contributed by atoms with Crippen LogP contribution < -0.4 is 4.74 Å². The predicted molar refractivity (Wildman–Crippen MR) is 70.4 cm³/mol. The molecule has 3 nitrogen and oxygen atoms in total. The largest absolute Gasteiger partial charge is 0.501 e. The average molecular weight is 248 g/mol. The van der Waals surface area contributed by atoms with E-state index in [4.69, 9.17) is 9.47 Å². The maximum atomic E-state index is 10.2. The number of aliphatic hydroxyl groups excluding tert-OH is 1. The topological polar surface area (TPSA) is 38.7 Å². The molecule has 98 valence electrons. The molecule has 1 aromatic rings. The summed E-state index contributed by atoms with van der Waals surface area (Å²) in [7, 11) is 0. The first-order valence-corrected chi connectivity index (χ1v) is 6.42. The lowest BCUT2D eigenvalue weighted by Crippen LogP contribution is -2.08. The van der Waals surface area contributed by atoms with Crippen molar-refractivity contribution in [3.63, 3.8) is 0 Å². The van der Waals surface area contributed by atoms with E-state index in [-0.39, 0.29) is 6.10 Å². The third-order valence-electron chi connectivity index (χ3n) is 2.88. The van der Waals surface area contributed by atoms with Crippen molar-refractivity contribution in [1.29, 1.82) is 0 Å². The van der Waals surface area contributed by atoms with Crippen molar-refractivity contribution in [2.45, 2.75) is 38.9 Å². The molecule has 0 saturated carbocycles. The molecule has 0 spiro atoms.